The zero-order valence-corrected chi connectivity index (χ0v) is 8.48. The van der Waals surface area contributed by atoms with Gasteiger partial charge in [0.25, 0.3) is 0 Å². The number of amides is 1. The van der Waals surface area contributed by atoms with Gasteiger partial charge in [0, 0.05) is 32.7 Å². The molecule has 4 nitrogen and oxygen atoms in total. The summed E-state index contributed by atoms with van der Waals surface area (Å²) in [4.78, 5) is 13.3. The first kappa shape index (κ1) is 11.5. The van der Waals surface area contributed by atoms with Gasteiger partial charge in [-0.2, -0.15) is 0 Å². The summed E-state index contributed by atoms with van der Waals surface area (Å²) < 4.78 is 0. The summed E-state index contributed by atoms with van der Waals surface area (Å²) in [5.41, 5.74) is 0. The van der Waals surface area contributed by atoms with Gasteiger partial charge in [0.05, 0.1) is 0 Å². The average molecular weight is 201 g/mol. The Morgan fingerprint density at radius 3 is 2.43 bits per heavy atom. The van der Waals surface area contributed by atoms with E-state index in [1.165, 1.54) is 0 Å². The van der Waals surface area contributed by atoms with E-state index in [9.17, 15) is 4.79 Å². The van der Waals surface area contributed by atoms with Crippen molar-refractivity contribution in [3.63, 3.8) is 0 Å². The number of carbonyl (C=O) groups excluding carboxylic acids is 1. The fourth-order valence-electron chi connectivity index (χ4n) is 1.75. The van der Waals surface area contributed by atoms with Gasteiger partial charge in [-0.15, -0.1) is 0 Å². The Morgan fingerprint density at radius 2 is 1.93 bits per heavy atom. The zero-order chi connectivity index (χ0) is 10.4. The molecule has 0 aromatic rings. The van der Waals surface area contributed by atoms with Crippen LogP contribution in [-0.4, -0.2) is 47.3 Å². The van der Waals surface area contributed by atoms with Crippen LogP contribution in [0.1, 0.15) is 25.7 Å². The highest BCUT2D eigenvalue weighted by atomic mass is 16.3. The fourth-order valence-corrected chi connectivity index (χ4v) is 1.75. The lowest BCUT2D eigenvalue weighted by Crippen LogP contribution is -2.39. The number of rotatable bonds is 4. The Labute approximate surface area is 84.5 Å². The summed E-state index contributed by atoms with van der Waals surface area (Å²) in [5.74, 6) is 0.507. The second-order valence-electron chi connectivity index (χ2n) is 3.83. The van der Waals surface area contributed by atoms with Crippen LogP contribution in [-0.2, 0) is 4.79 Å². The third-order valence-electron chi connectivity index (χ3n) is 2.77. The molecule has 1 aliphatic heterocycles. The molecule has 0 spiro atoms. The van der Waals surface area contributed by atoms with Crippen LogP contribution >= 0.6 is 0 Å². The molecule has 14 heavy (non-hydrogen) atoms. The van der Waals surface area contributed by atoms with E-state index >= 15 is 0 Å². The van der Waals surface area contributed by atoms with E-state index in [0.29, 0.717) is 18.8 Å². The zero-order valence-electron chi connectivity index (χ0n) is 8.48. The quantitative estimate of drug-likeness (QED) is 0.672. The van der Waals surface area contributed by atoms with E-state index in [4.69, 9.17) is 10.2 Å². The molecule has 1 saturated heterocycles. The summed E-state index contributed by atoms with van der Waals surface area (Å²) in [7, 11) is 0. The Kier molecular flexibility index (Phi) is 4.90. The Morgan fingerprint density at radius 1 is 1.29 bits per heavy atom. The SMILES string of the molecule is O=C(CCCO)N1CCC(CO)CC1. The molecule has 4 heteroatoms. The molecule has 1 aliphatic rings. The van der Waals surface area contributed by atoms with Crippen molar-refractivity contribution in [2.24, 2.45) is 5.92 Å². The molecule has 1 heterocycles. The molecule has 0 unspecified atom stereocenters. The largest absolute Gasteiger partial charge is 0.396 e. The van der Waals surface area contributed by atoms with Crippen LogP contribution in [0.4, 0.5) is 0 Å². The number of hydrogen-bond acceptors (Lipinski definition) is 3. The van der Waals surface area contributed by atoms with Crippen LogP contribution < -0.4 is 0 Å². The van der Waals surface area contributed by atoms with E-state index in [1.54, 1.807) is 0 Å². The highest BCUT2D eigenvalue weighted by Gasteiger charge is 2.21. The third-order valence-corrected chi connectivity index (χ3v) is 2.77. The standard InChI is InChI=1S/C10H19NO3/c12-7-1-2-10(14)11-5-3-9(8-13)4-6-11/h9,12-13H,1-8H2. The number of piperidine rings is 1. The van der Waals surface area contributed by atoms with Crippen molar-refractivity contribution < 1.29 is 15.0 Å². The normalized spacial score (nSPS) is 18.6. The average Bonchev–Trinajstić information content (AvgIpc) is 2.26. The predicted octanol–water partition coefficient (Wildman–Crippen LogP) is -0.0102. The second kappa shape index (κ2) is 5.98. The lowest BCUT2D eigenvalue weighted by Gasteiger charge is -2.31. The van der Waals surface area contributed by atoms with Gasteiger partial charge in [-0.1, -0.05) is 0 Å². The molecule has 1 fully saturated rings. The number of aliphatic hydroxyl groups is 2. The van der Waals surface area contributed by atoms with Crippen molar-refractivity contribution in [3.05, 3.63) is 0 Å². The van der Waals surface area contributed by atoms with Gasteiger partial charge < -0.3 is 15.1 Å². The van der Waals surface area contributed by atoms with Crippen LogP contribution in [0.25, 0.3) is 0 Å². The molecule has 0 saturated carbocycles. The van der Waals surface area contributed by atoms with Gasteiger partial charge in [0.15, 0.2) is 0 Å². The summed E-state index contributed by atoms with van der Waals surface area (Å²) in [6.45, 7) is 1.84. The van der Waals surface area contributed by atoms with Gasteiger partial charge in [0.2, 0.25) is 5.91 Å². The van der Waals surface area contributed by atoms with Gasteiger partial charge in [-0.3, -0.25) is 4.79 Å². The van der Waals surface area contributed by atoms with E-state index in [-0.39, 0.29) is 19.1 Å². The minimum Gasteiger partial charge on any atom is -0.396 e. The van der Waals surface area contributed by atoms with Crippen LogP contribution in [0.15, 0.2) is 0 Å². The molecule has 0 aromatic carbocycles. The smallest absolute Gasteiger partial charge is 0.222 e. The lowest BCUT2D eigenvalue weighted by molar-refractivity contribution is -0.133. The predicted molar refractivity (Wildman–Crippen MR) is 52.7 cm³/mol. The highest BCUT2D eigenvalue weighted by molar-refractivity contribution is 5.76. The van der Waals surface area contributed by atoms with Crippen molar-refractivity contribution in [3.8, 4) is 0 Å². The Bertz CT molecular complexity index is 176. The molecule has 1 rings (SSSR count). The number of nitrogens with zero attached hydrogens (tertiary/aromatic N) is 1. The molecule has 0 bridgehead atoms. The number of hydrogen-bond donors (Lipinski definition) is 2. The molecule has 0 aromatic heterocycles. The summed E-state index contributed by atoms with van der Waals surface area (Å²) in [5, 5.41) is 17.5. The van der Waals surface area contributed by atoms with Crippen LogP contribution in [0, 0.1) is 5.92 Å². The molecule has 2 N–H and O–H groups in total. The molecular formula is C10H19NO3. The van der Waals surface area contributed by atoms with Crippen molar-refractivity contribution in [2.75, 3.05) is 26.3 Å². The van der Waals surface area contributed by atoms with Crippen LogP contribution in [0.3, 0.4) is 0 Å². The maximum atomic E-state index is 11.5. The maximum Gasteiger partial charge on any atom is 0.222 e. The van der Waals surface area contributed by atoms with Gasteiger partial charge >= 0.3 is 0 Å². The molecular weight excluding hydrogens is 182 g/mol. The topological polar surface area (TPSA) is 60.8 Å². The first-order valence-corrected chi connectivity index (χ1v) is 5.27. The Balaban J connectivity index is 2.23. The third kappa shape index (κ3) is 3.27. The van der Waals surface area contributed by atoms with Crippen molar-refractivity contribution in [2.45, 2.75) is 25.7 Å². The van der Waals surface area contributed by atoms with Crippen molar-refractivity contribution >= 4 is 5.91 Å². The number of carbonyl (C=O) groups is 1. The number of likely N-dealkylation sites (tertiary alicyclic amines) is 1. The molecule has 0 radical (unpaired) electrons. The summed E-state index contributed by atoms with van der Waals surface area (Å²) >= 11 is 0. The monoisotopic (exact) mass is 201 g/mol. The van der Waals surface area contributed by atoms with Gasteiger partial charge in [-0.25, -0.2) is 0 Å². The second-order valence-corrected chi connectivity index (χ2v) is 3.83. The first-order valence-electron chi connectivity index (χ1n) is 5.27. The molecule has 0 aliphatic carbocycles. The maximum absolute atomic E-state index is 11.5. The molecule has 82 valence electrons. The van der Waals surface area contributed by atoms with Crippen LogP contribution in [0.2, 0.25) is 0 Å². The summed E-state index contributed by atoms with van der Waals surface area (Å²) in [6.07, 6.45) is 2.81. The molecule has 1 amide bonds. The van der Waals surface area contributed by atoms with Gasteiger partial charge in [0.1, 0.15) is 0 Å². The van der Waals surface area contributed by atoms with Gasteiger partial charge in [-0.05, 0) is 25.2 Å². The Hall–Kier alpha value is -0.610. The fraction of sp³-hybridized carbons (Fsp3) is 0.900. The van der Waals surface area contributed by atoms with Crippen molar-refractivity contribution in [1.29, 1.82) is 0 Å². The van der Waals surface area contributed by atoms with Crippen LogP contribution in [0.5, 0.6) is 0 Å². The molecule has 0 atom stereocenters. The summed E-state index contributed by atoms with van der Waals surface area (Å²) in [6, 6.07) is 0. The van der Waals surface area contributed by atoms with E-state index in [1.807, 2.05) is 4.90 Å². The van der Waals surface area contributed by atoms with E-state index < -0.39 is 0 Å². The van der Waals surface area contributed by atoms with Crippen molar-refractivity contribution in [1.82, 2.24) is 4.90 Å². The highest BCUT2D eigenvalue weighted by Crippen LogP contribution is 2.17. The minimum atomic E-state index is 0.0822. The lowest BCUT2D eigenvalue weighted by atomic mass is 9.97. The first-order chi connectivity index (χ1) is 6.77. The van der Waals surface area contributed by atoms with E-state index in [0.717, 1.165) is 25.9 Å². The van der Waals surface area contributed by atoms with E-state index in [2.05, 4.69) is 0 Å². The number of aliphatic hydroxyl groups excluding tert-OH is 2. The minimum absolute atomic E-state index is 0.0822.